The normalized spacial score (nSPS) is 18.1. The minimum Gasteiger partial charge on any atom is -0.399 e. The minimum absolute atomic E-state index is 0.0373. The number of fused-ring (bicyclic) bond motifs is 1. The van der Waals surface area contributed by atoms with Crippen molar-refractivity contribution in [3.8, 4) is 5.69 Å². The molecule has 3 aromatic rings. The van der Waals surface area contributed by atoms with Gasteiger partial charge in [-0.15, -0.1) is 0 Å². The Balaban J connectivity index is 1.27. The van der Waals surface area contributed by atoms with E-state index in [2.05, 4.69) is 35.0 Å². The van der Waals surface area contributed by atoms with Crippen LogP contribution < -0.4 is 11.3 Å². The van der Waals surface area contributed by atoms with Crippen LogP contribution >= 0.6 is 0 Å². The first-order chi connectivity index (χ1) is 17.3. The van der Waals surface area contributed by atoms with Crippen LogP contribution in [-0.2, 0) is 0 Å². The molecule has 7 heteroatoms. The molecular formula is C29H33N5O2. The first kappa shape index (κ1) is 24.0. The molecule has 1 aliphatic carbocycles. The number of carbonyl (C=O) groups excluding carboxylic acids is 1. The Morgan fingerprint density at radius 3 is 2.50 bits per heavy atom. The van der Waals surface area contributed by atoms with Gasteiger partial charge in [-0.25, -0.2) is 0 Å². The largest absolute Gasteiger partial charge is 0.399 e. The zero-order valence-corrected chi connectivity index (χ0v) is 21.1. The SMILES string of the molecule is CC1C(CN2CCC(c3ccc(C(=O)N(C)C)cc3)CC2)=Cc2c(-n3ccc(N)cc3=O)ccnc21. The maximum absolute atomic E-state index is 12.6. The van der Waals surface area contributed by atoms with Gasteiger partial charge in [0.2, 0.25) is 0 Å². The Bertz CT molecular complexity index is 1370. The van der Waals surface area contributed by atoms with Crippen LogP contribution in [0.1, 0.15) is 58.8 Å². The van der Waals surface area contributed by atoms with Gasteiger partial charge in [-0.2, -0.15) is 0 Å². The fourth-order valence-corrected chi connectivity index (χ4v) is 5.38. The van der Waals surface area contributed by atoms with Crippen molar-refractivity contribution in [1.82, 2.24) is 19.4 Å². The number of nitrogens with zero attached hydrogens (tertiary/aromatic N) is 4. The summed E-state index contributed by atoms with van der Waals surface area (Å²) in [7, 11) is 3.56. The molecule has 1 atom stereocenters. The topological polar surface area (TPSA) is 84.5 Å². The molecule has 3 heterocycles. The number of nitrogens with two attached hydrogens (primary N) is 1. The van der Waals surface area contributed by atoms with Crippen LogP contribution in [0.25, 0.3) is 11.8 Å². The number of nitrogen functional groups attached to an aromatic ring is 1. The van der Waals surface area contributed by atoms with Crippen molar-refractivity contribution in [3.05, 3.63) is 93.2 Å². The third-order valence-electron chi connectivity index (χ3n) is 7.53. The number of piperidine rings is 1. The number of hydrogen-bond acceptors (Lipinski definition) is 5. The summed E-state index contributed by atoms with van der Waals surface area (Å²) < 4.78 is 1.64. The molecule has 36 heavy (non-hydrogen) atoms. The number of anilines is 1. The van der Waals surface area contributed by atoms with Gasteiger partial charge >= 0.3 is 0 Å². The van der Waals surface area contributed by atoms with Crippen LogP contribution in [0.4, 0.5) is 5.69 Å². The number of amides is 1. The van der Waals surface area contributed by atoms with E-state index >= 15 is 0 Å². The van der Waals surface area contributed by atoms with Gasteiger partial charge in [0.05, 0.1) is 11.4 Å². The molecule has 1 fully saturated rings. The predicted molar refractivity (Wildman–Crippen MR) is 144 cm³/mol. The summed E-state index contributed by atoms with van der Waals surface area (Å²) in [5, 5.41) is 0. The zero-order valence-electron chi connectivity index (χ0n) is 21.1. The average molecular weight is 484 g/mol. The fraction of sp³-hybridized carbons (Fsp3) is 0.345. The van der Waals surface area contributed by atoms with Crippen LogP contribution in [0.5, 0.6) is 0 Å². The van der Waals surface area contributed by atoms with E-state index in [-0.39, 0.29) is 17.4 Å². The van der Waals surface area contributed by atoms with E-state index < -0.39 is 0 Å². The average Bonchev–Trinajstić information content (AvgIpc) is 3.19. The molecule has 1 saturated heterocycles. The lowest BCUT2D eigenvalue weighted by Gasteiger charge is -2.33. The maximum Gasteiger partial charge on any atom is 0.257 e. The van der Waals surface area contributed by atoms with Gasteiger partial charge in [0.25, 0.3) is 11.5 Å². The number of rotatable bonds is 5. The van der Waals surface area contributed by atoms with Crippen LogP contribution in [0.3, 0.4) is 0 Å². The molecule has 0 spiro atoms. The third-order valence-corrected chi connectivity index (χ3v) is 7.53. The Kier molecular flexibility index (Phi) is 6.49. The number of likely N-dealkylation sites (tertiary alicyclic amines) is 1. The summed E-state index contributed by atoms with van der Waals surface area (Å²) in [5.41, 5.74) is 12.4. The molecule has 2 aliphatic rings. The smallest absolute Gasteiger partial charge is 0.257 e. The highest BCUT2D eigenvalue weighted by molar-refractivity contribution is 5.93. The Hall–Kier alpha value is -3.71. The summed E-state index contributed by atoms with van der Waals surface area (Å²) >= 11 is 0. The Morgan fingerprint density at radius 2 is 1.83 bits per heavy atom. The van der Waals surface area contributed by atoms with Gasteiger partial charge in [0.15, 0.2) is 0 Å². The van der Waals surface area contributed by atoms with Gasteiger partial charge in [-0.3, -0.25) is 24.0 Å². The molecule has 186 valence electrons. The van der Waals surface area contributed by atoms with Crippen molar-refractivity contribution in [1.29, 1.82) is 0 Å². The standard InChI is InChI=1S/C29H33N5O2/c1-19-23(16-25-26(8-12-31-28(19)25)34-15-11-24(30)17-27(34)35)18-33-13-9-21(10-14-33)20-4-6-22(7-5-20)29(36)32(2)3/h4-8,11-12,15-17,19,21H,9-10,13-14,18,30H2,1-3H3. The first-order valence-corrected chi connectivity index (χ1v) is 12.5. The summed E-state index contributed by atoms with van der Waals surface area (Å²) in [6, 6.07) is 13.2. The molecule has 0 saturated carbocycles. The van der Waals surface area contributed by atoms with E-state index in [1.807, 2.05) is 18.2 Å². The van der Waals surface area contributed by atoms with E-state index in [4.69, 9.17) is 5.73 Å². The number of carbonyl (C=O) groups is 1. The van der Waals surface area contributed by atoms with E-state index in [1.54, 1.807) is 42.0 Å². The molecule has 0 bridgehead atoms. The molecule has 0 radical (unpaired) electrons. The van der Waals surface area contributed by atoms with Crippen LogP contribution in [0, 0.1) is 0 Å². The zero-order chi connectivity index (χ0) is 25.4. The molecular weight excluding hydrogens is 450 g/mol. The van der Waals surface area contributed by atoms with Crippen molar-refractivity contribution < 1.29 is 4.79 Å². The number of benzene rings is 1. The fourth-order valence-electron chi connectivity index (χ4n) is 5.38. The lowest BCUT2D eigenvalue weighted by atomic mass is 9.88. The van der Waals surface area contributed by atoms with Crippen molar-refractivity contribution >= 4 is 17.7 Å². The molecule has 1 aromatic carbocycles. The van der Waals surface area contributed by atoms with Crippen LogP contribution in [-0.4, -0.2) is 59.0 Å². The van der Waals surface area contributed by atoms with Gasteiger partial charge in [-0.05, 0) is 73.3 Å². The lowest BCUT2D eigenvalue weighted by Crippen LogP contribution is -2.34. The third kappa shape index (κ3) is 4.58. The molecule has 1 unspecified atom stereocenters. The van der Waals surface area contributed by atoms with E-state index in [0.717, 1.165) is 55.0 Å². The van der Waals surface area contributed by atoms with Gasteiger partial charge in [-0.1, -0.05) is 19.1 Å². The van der Waals surface area contributed by atoms with Crippen molar-refractivity contribution in [2.75, 3.05) is 39.5 Å². The van der Waals surface area contributed by atoms with Crippen molar-refractivity contribution in [3.63, 3.8) is 0 Å². The Labute approximate surface area is 211 Å². The molecule has 2 N–H and O–H groups in total. The number of hydrogen-bond donors (Lipinski definition) is 1. The van der Waals surface area contributed by atoms with Gasteiger partial charge in [0.1, 0.15) is 0 Å². The lowest BCUT2D eigenvalue weighted by molar-refractivity contribution is 0.0827. The second-order valence-electron chi connectivity index (χ2n) is 10.1. The summed E-state index contributed by atoms with van der Waals surface area (Å²) in [4.78, 5) is 33.5. The molecule has 1 aliphatic heterocycles. The first-order valence-electron chi connectivity index (χ1n) is 12.5. The van der Waals surface area contributed by atoms with Crippen LogP contribution in [0.15, 0.2) is 65.2 Å². The highest BCUT2D eigenvalue weighted by Gasteiger charge is 2.28. The monoisotopic (exact) mass is 483 g/mol. The number of aromatic nitrogens is 2. The second-order valence-corrected chi connectivity index (χ2v) is 10.1. The quantitative estimate of drug-likeness (QED) is 0.595. The molecule has 1 amide bonds. The minimum atomic E-state index is -0.140. The van der Waals surface area contributed by atoms with Crippen LogP contribution in [0.2, 0.25) is 0 Å². The van der Waals surface area contributed by atoms with E-state index in [9.17, 15) is 9.59 Å². The maximum atomic E-state index is 12.6. The van der Waals surface area contributed by atoms with Crippen molar-refractivity contribution in [2.24, 2.45) is 0 Å². The summed E-state index contributed by atoms with van der Waals surface area (Å²) in [6.07, 6.45) is 7.93. The van der Waals surface area contributed by atoms with E-state index in [1.165, 1.54) is 17.2 Å². The van der Waals surface area contributed by atoms with Crippen molar-refractivity contribution in [2.45, 2.75) is 31.6 Å². The van der Waals surface area contributed by atoms with Gasteiger partial charge in [0, 0.05) is 61.8 Å². The van der Waals surface area contributed by atoms with E-state index in [0.29, 0.717) is 11.6 Å². The highest BCUT2D eigenvalue weighted by atomic mass is 16.2. The molecule has 7 nitrogen and oxygen atoms in total. The van der Waals surface area contributed by atoms with Gasteiger partial charge < -0.3 is 10.6 Å². The number of pyridine rings is 2. The summed E-state index contributed by atoms with van der Waals surface area (Å²) in [6.45, 7) is 5.16. The summed E-state index contributed by atoms with van der Waals surface area (Å²) in [5.74, 6) is 0.766. The highest BCUT2D eigenvalue weighted by Crippen LogP contribution is 2.38. The molecule has 5 rings (SSSR count). The molecule has 2 aromatic heterocycles. The second kappa shape index (κ2) is 9.74. The predicted octanol–water partition coefficient (Wildman–Crippen LogP) is 3.90. The Morgan fingerprint density at radius 1 is 1.11 bits per heavy atom.